The quantitative estimate of drug-likeness (QED) is 0.841. The lowest BCUT2D eigenvalue weighted by Crippen LogP contribution is -2.57. The van der Waals surface area contributed by atoms with Crippen molar-refractivity contribution in [3.63, 3.8) is 0 Å². The standard InChI is InChI=1S/C16H27N3O/c1-12(2)11-19-14(20)18-13(17)16(19)9-7-15(8-10-16)5-3-4-6-15/h12H,3-11H2,1-2H3,(H2,17,18,20). The van der Waals surface area contributed by atoms with Gasteiger partial charge in [-0.15, -0.1) is 0 Å². The molecule has 0 aromatic rings. The number of urea groups is 1. The van der Waals surface area contributed by atoms with Crippen molar-refractivity contribution in [3.8, 4) is 0 Å². The van der Waals surface area contributed by atoms with Crippen molar-refractivity contribution in [2.75, 3.05) is 6.54 Å². The molecule has 0 radical (unpaired) electrons. The molecule has 1 heterocycles. The molecule has 2 N–H and O–H groups in total. The Bertz CT molecular complexity index is 425. The summed E-state index contributed by atoms with van der Waals surface area (Å²) in [5.74, 6) is 1.04. The van der Waals surface area contributed by atoms with E-state index < -0.39 is 0 Å². The van der Waals surface area contributed by atoms with E-state index in [2.05, 4.69) is 18.8 Å². The summed E-state index contributed by atoms with van der Waals surface area (Å²) < 4.78 is 0. The molecule has 3 rings (SSSR count). The Morgan fingerprint density at radius 3 is 2.30 bits per heavy atom. The Hall–Kier alpha value is -1.06. The van der Waals surface area contributed by atoms with Crippen LogP contribution in [-0.2, 0) is 0 Å². The molecule has 0 unspecified atom stereocenters. The van der Waals surface area contributed by atoms with Gasteiger partial charge in [0.05, 0.1) is 0 Å². The molecule has 3 aliphatic rings. The molecule has 0 aromatic carbocycles. The van der Waals surface area contributed by atoms with Crippen LogP contribution in [0.15, 0.2) is 4.99 Å². The summed E-state index contributed by atoms with van der Waals surface area (Å²) in [7, 11) is 0. The van der Waals surface area contributed by atoms with Gasteiger partial charge in [0.25, 0.3) is 0 Å². The van der Waals surface area contributed by atoms with Crippen molar-refractivity contribution in [2.24, 2.45) is 22.1 Å². The van der Waals surface area contributed by atoms with Gasteiger partial charge >= 0.3 is 6.03 Å². The lowest BCUT2D eigenvalue weighted by Gasteiger charge is -2.47. The Morgan fingerprint density at radius 1 is 1.15 bits per heavy atom. The average Bonchev–Trinajstić information content (AvgIpc) is 2.93. The van der Waals surface area contributed by atoms with Gasteiger partial charge in [-0.1, -0.05) is 26.7 Å². The van der Waals surface area contributed by atoms with E-state index in [0.717, 1.165) is 19.4 Å². The molecule has 2 saturated carbocycles. The molecule has 0 bridgehead atoms. The molecule has 4 heteroatoms. The number of amidine groups is 1. The number of aliphatic imine (C=N–C) groups is 1. The first-order valence-electron chi connectivity index (χ1n) is 8.14. The van der Waals surface area contributed by atoms with Gasteiger partial charge in [-0.05, 0) is 49.9 Å². The van der Waals surface area contributed by atoms with Crippen LogP contribution < -0.4 is 5.73 Å². The molecular weight excluding hydrogens is 250 g/mol. The first-order valence-corrected chi connectivity index (χ1v) is 8.14. The highest BCUT2D eigenvalue weighted by Gasteiger charge is 2.53. The van der Waals surface area contributed by atoms with E-state index in [4.69, 9.17) is 5.73 Å². The Labute approximate surface area is 121 Å². The van der Waals surface area contributed by atoms with Gasteiger partial charge < -0.3 is 10.6 Å². The first kappa shape index (κ1) is 13.9. The zero-order chi connectivity index (χ0) is 14.4. The molecule has 0 aromatic heterocycles. The molecule has 4 nitrogen and oxygen atoms in total. The number of rotatable bonds is 2. The minimum atomic E-state index is -0.255. The number of hydrogen-bond donors (Lipinski definition) is 1. The topological polar surface area (TPSA) is 58.7 Å². The summed E-state index contributed by atoms with van der Waals surface area (Å²) >= 11 is 0. The van der Waals surface area contributed by atoms with Gasteiger partial charge in [0.15, 0.2) is 0 Å². The van der Waals surface area contributed by atoms with Crippen LogP contribution >= 0.6 is 0 Å². The molecule has 2 amide bonds. The van der Waals surface area contributed by atoms with Crippen molar-refractivity contribution >= 4 is 11.9 Å². The second-order valence-electron chi connectivity index (χ2n) is 7.52. The molecular formula is C16H27N3O. The number of nitrogens with two attached hydrogens (primary N) is 1. The van der Waals surface area contributed by atoms with Crippen molar-refractivity contribution in [3.05, 3.63) is 0 Å². The Morgan fingerprint density at radius 2 is 1.75 bits per heavy atom. The van der Waals surface area contributed by atoms with Gasteiger partial charge in [-0.3, -0.25) is 0 Å². The van der Waals surface area contributed by atoms with E-state index in [0.29, 0.717) is 17.2 Å². The molecule has 20 heavy (non-hydrogen) atoms. The minimum absolute atomic E-state index is 0.112. The van der Waals surface area contributed by atoms with Crippen LogP contribution in [0.1, 0.15) is 65.2 Å². The van der Waals surface area contributed by atoms with Crippen LogP contribution in [0.2, 0.25) is 0 Å². The molecule has 1 aliphatic heterocycles. The summed E-state index contributed by atoms with van der Waals surface area (Å²) in [6, 6.07) is -0.112. The highest BCUT2D eigenvalue weighted by molar-refractivity contribution is 6.05. The maximum absolute atomic E-state index is 12.2. The predicted molar refractivity (Wildman–Crippen MR) is 80.7 cm³/mol. The lowest BCUT2D eigenvalue weighted by molar-refractivity contribution is 0.0778. The minimum Gasteiger partial charge on any atom is -0.385 e. The molecule has 0 atom stereocenters. The third-order valence-electron chi connectivity index (χ3n) is 5.79. The fraction of sp³-hybridized carbons (Fsp3) is 0.875. The number of amides is 2. The first-order chi connectivity index (χ1) is 9.47. The summed E-state index contributed by atoms with van der Waals surface area (Å²) in [6.45, 7) is 5.07. The third-order valence-corrected chi connectivity index (χ3v) is 5.79. The summed E-state index contributed by atoms with van der Waals surface area (Å²) in [5.41, 5.74) is 6.48. The van der Waals surface area contributed by atoms with Gasteiger partial charge in [0.1, 0.15) is 11.4 Å². The summed E-state index contributed by atoms with van der Waals surface area (Å²) in [6.07, 6.45) is 9.96. The number of carbonyl (C=O) groups is 1. The SMILES string of the molecule is CC(C)CN1C(=O)N=C(N)C12CCC1(CCCC1)CC2. The Balaban J connectivity index is 1.80. The Kier molecular flexibility index (Phi) is 3.30. The van der Waals surface area contributed by atoms with Crippen LogP contribution in [0.4, 0.5) is 4.79 Å². The fourth-order valence-corrected chi connectivity index (χ4v) is 4.55. The van der Waals surface area contributed by atoms with Crippen LogP contribution in [0, 0.1) is 11.3 Å². The second kappa shape index (κ2) is 4.74. The van der Waals surface area contributed by atoms with Gasteiger partial charge in [-0.25, -0.2) is 4.79 Å². The highest BCUT2D eigenvalue weighted by atomic mass is 16.2. The van der Waals surface area contributed by atoms with E-state index in [1.54, 1.807) is 0 Å². The van der Waals surface area contributed by atoms with Crippen molar-refractivity contribution < 1.29 is 4.79 Å². The molecule has 0 saturated heterocycles. The van der Waals surface area contributed by atoms with Gasteiger partial charge in [0, 0.05) is 6.54 Å². The van der Waals surface area contributed by atoms with E-state index in [1.807, 2.05) is 4.90 Å². The average molecular weight is 277 g/mol. The van der Waals surface area contributed by atoms with Crippen LogP contribution in [-0.4, -0.2) is 28.9 Å². The molecule has 112 valence electrons. The van der Waals surface area contributed by atoms with Crippen LogP contribution in [0.5, 0.6) is 0 Å². The monoisotopic (exact) mass is 277 g/mol. The lowest BCUT2D eigenvalue weighted by atomic mass is 9.65. The van der Waals surface area contributed by atoms with Crippen LogP contribution in [0.25, 0.3) is 0 Å². The van der Waals surface area contributed by atoms with Crippen molar-refractivity contribution in [1.29, 1.82) is 0 Å². The van der Waals surface area contributed by atoms with Gasteiger partial charge in [0.2, 0.25) is 0 Å². The van der Waals surface area contributed by atoms with E-state index in [-0.39, 0.29) is 11.6 Å². The zero-order valence-corrected chi connectivity index (χ0v) is 12.8. The van der Waals surface area contributed by atoms with Crippen molar-refractivity contribution in [1.82, 2.24) is 4.90 Å². The number of carbonyl (C=O) groups excluding carboxylic acids is 1. The maximum atomic E-state index is 12.2. The van der Waals surface area contributed by atoms with Crippen LogP contribution in [0.3, 0.4) is 0 Å². The largest absolute Gasteiger partial charge is 0.385 e. The molecule has 2 fully saturated rings. The van der Waals surface area contributed by atoms with Gasteiger partial charge in [-0.2, -0.15) is 4.99 Å². The number of nitrogens with zero attached hydrogens (tertiary/aromatic N) is 2. The summed E-state index contributed by atoms with van der Waals surface area (Å²) in [4.78, 5) is 18.2. The smallest absolute Gasteiger partial charge is 0.346 e. The molecule has 2 aliphatic carbocycles. The zero-order valence-electron chi connectivity index (χ0n) is 12.8. The summed E-state index contributed by atoms with van der Waals surface area (Å²) in [5, 5.41) is 0. The maximum Gasteiger partial charge on any atom is 0.346 e. The fourth-order valence-electron chi connectivity index (χ4n) is 4.55. The van der Waals surface area contributed by atoms with E-state index in [1.165, 1.54) is 38.5 Å². The normalized spacial score (nSPS) is 27.9. The third kappa shape index (κ3) is 2.04. The predicted octanol–water partition coefficient (Wildman–Crippen LogP) is 3.31. The van der Waals surface area contributed by atoms with E-state index in [9.17, 15) is 4.79 Å². The van der Waals surface area contributed by atoms with E-state index >= 15 is 0 Å². The van der Waals surface area contributed by atoms with Crippen molar-refractivity contribution in [2.45, 2.75) is 70.8 Å². The molecule has 2 spiro atoms. The second-order valence-corrected chi connectivity index (χ2v) is 7.52. The highest BCUT2D eigenvalue weighted by Crippen LogP contribution is 2.53. The number of hydrogen-bond acceptors (Lipinski definition) is 2.